The SMILES string of the molecule is CC1C=NC=C(N(c2ccc(S(C)(=O)=O)c(N3CCOCC3)c2)C(C)C)C1. The number of benzene rings is 1. The molecule has 6 nitrogen and oxygen atoms in total. The molecule has 0 aromatic heterocycles. The fourth-order valence-corrected chi connectivity index (χ4v) is 4.57. The highest BCUT2D eigenvalue weighted by molar-refractivity contribution is 7.90. The molecule has 0 saturated carbocycles. The average Bonchev–Trinajstić information content (AvgIpc) is 2.61. The zero-order chi connectivity index (χ0) is 19.6. The van der Waals surface area contributed by atoms with Gasteiger partial charge in [-0.25, -0.2) is 8.42 Å². The molecule has 2 aliphatic heterocycles. The summed E-state index contributed by atoms with van der Waals surface area (Å²) in [7, 11) is -3.32. The van der Waals surface area contributed by atoms with Gasteiger partial charge in [-0.1, -0.05) is 6.92 Å². The number of nitrogens with zero attached hydrogens (tertiary/aromatic N) is 3. The Kier molecular flexibility index (Phi) is 5.91. The minimum absolute atomic E-state index is 0.235. The Morgan fingerprint density at radius 1 is 1.26 bits per heavy atom. The third-order valence-corrected chi connectivity index (χ3v) is 6.04. The van der Waals surface area contributed by atoms with Gasteiger partial charge in [0.25, 0.3) is 0 Å². The second kappa shape index (κ2) is 8.02. The molecule has 0 amide bonds. The number of hydrogen-bond donors (Lipinski definition) is 0. The molecule has 0 spiro atoms. The second-order valence-corrected chi connectivity index (χ2v) is 9.57. The molecule has 3 rings (SSSR count). The number of allylic oxidation sites excluding steroid dienone is 1. The van der Waals surface area contributed by atoms with E-state index in [1.807, 2.05) is 24.5 Å². The Hall–Kier alpha value is -1.86. The molecule has 1 aromatic rings. The molecule has 1 saturated heterocycles. The molecule has 148 valence electrons. The molecular formula is C20H29N3O3S. The number of anilines is 2. The fraction of sp³-hybridized carbons (Fsp3) is 0.550. The summed E-state index contributed by atoms with van der Waals surface area (Å²) < 4.78 is 30.2. The van der Waals surface area contributed by atoms with Gasteiger partial charge in [0.15, 0.2) is 9.84 Å². The first kappa shape index (κ1) is 19.9. The fourth-order valence-electron chi connectivity index (χ4n) is 3.69. The van der Waals surface area contributed by atoms with Crippen molar-refractivity contribution < 1.29 is 13.2 Å². The van der Waals surface area contributed by atoms with Crippen LogP contribution in [0, 0.1) is 5.92 Å². The quantitative estimate of drug-likeness (QED) is 0.772. The monoisotopic (exact) mass is 391 g/mol. The molecule has 2 heterocycles. The number of aliphatic imine (C=N–C) groups is 1. The first-order chi connectivity index (χ1) is 12.8. The first-order valence-corrected chi connectivity index (χ1v) is 11.3. The molecule has 7 heteroatoms. The maximum atomic E-state index is 12.4. The van der Waals surface area contributed by atoms with Gasteiger partial charge in [-0.3, -0.25) is 4.99 Å². The highest BCUT2D eigenvalue weighted by Crippen LogP contribution is 2.34. The summed E-state index contributed by atoms with van der Waals surface area (Å²) in [5, 5.41) is 0. The van der Waals surface area contributed by atoms with Gasteiger partial charge in [0.05, 0.1) is 23.8 Å². The Morgan fingerprint density at radius 2 is 1.96 bits per heavy atom. The Bertz CT molecular complexity index is 840. The molecule has 0 bridgehead atoms. The van der Waals surface area contributed by atoms with Gasteiger partial charge in [0, 0.05) is 49.2 Å². The van der Waals surface area contributed by atoms with Crippen molar-refractivity contribution in [3.8, 4) is 0 Å². The van der Waals surface area contributed by atoms with Crippen molar-refractivity contribution in [1.82, 2.24) is 0 Å². The standard InChI is InChI=1S/C20H29N3O3S/c1-15(2)23(18-11-16(3)13-21-14-18)17-5-6-20(27(4,24)25)19(12-17)22-7-9-26-10-8-22/h5-6,12-16H,7-11H2,1-4H3. The molecule has 0 aliphatic carbocycles. The van der Waals surface area contributed by atoms with Crippen LogP contribution in [-0.2, 0) is 14.6 Å². The van der Waals surface area contributed by atoms with Gasteiger partial charge in [-0.05, 0) is 44.4 Å². The lowest BCUT2D eigenvalue weighted by atomic mass is 10.0. The lowest BCUT2D eigenvalue weighted by Gasteiger charge is -2.35. The van der Waals surface area contributed by atoms with E-state index in [4.69, 9.17) is 4.74 Å². The Labute approximate surface area is 162 Å². The molecule has 1 unspecified atom stereocenters. The highest BCUT2D eigenvalue weighted by atomic mass is 32.2. The summed E-state index contributed by atoms with van der Waals surface area (Å²) in [6.07, 6.45) is 6.07. The number of hydrogen-bond acceptors (Lipinski definition) is 6. The predicted molar refractivity (Wildman–Crippen MR) is 111 cm³/mol. The van der Waals surface area contributed by atoms with Gasteiger partial charge in [0.1, 0.15) is 0 Å². The summed E-state index contributed by atoms with van der Waals surface area (Å²) in [4.78, 5) is 9.12. The number of sulfone groups is 1. The van der Waals surface area contributed by atoms with Gasteiger partial charge >= 0.3 is 0 Å². The molecule has 2 aliphatic rings. The van der Waals surface area contributed by atoms with Crippen molar-refractivity contribution in [2.75, 3.05) is 42.4 Å². The van der Waals surface area contributed by atoms with E-state index >= 15 is 0 Å². The number of morpholine rings is 1. The van der Waals surface area contributed by atoms with Crippen molar-refractivity contribution >= 4 is 27.4 Å². The van der Waals surface area contributed by atoms with E-state index in [1.165, 1.54) is 6.26 Å². The number of rotatable bonds is 5. The van der Waals surface area contributed by atoms with Gasteiger partial charge < -0.3 is 14.5 Å². The van der Waals surface area contributed by atoms with Crippen LogP contribution in [0.2, 0.25) is 0 Å². The molecule has 1 aromatic carbocycles. The van der Waals surface area contributed by atoms with E-state index in [0.717, 1.165) is 23.5 Å². The van der Waals surface area contributed by atoms with Crippen LogP contribution in [0.5, 0.6) is 0 Å². The van der Waals surface area contributed by atoms with Crippen molar-refractivity contribution in [2.45, 2.75) is 38.1 Å². The van der Waals surface area contributed by atoms with Crippen LogP contribution in [0.25, 0.3) is 0 Å². The van der Waals surface area contributed by atoms with E-state index < -0.39 is 9.84 Å². The molecule has 27 heavy (non-hydrogen) atoms. The summed E-state index contributed by atoms with van der Waals surface area (Å²) in [6.45, 7) is 9.04. The highest BCUT2D eigenvalue weighted by Gasteiger charge is 2.24. The maximum Gasteiger partial charge on any atom is 0.177 e. The lowest BCUT2D eigenvalue weighted by molar-refractivity contribution is 0.122. The minimum Gasteiger partial charge on any atom is -0.378 e. The number of ether oxygens (including phenoxy) is 1. The Morgan fingerprint density at radius 3 is 2.56 bits per heavy atom. The van der Waals surface area contributed by atoms with Crippen LogP contribution in [0.3, 0.4) is 0 Å². The smallest absolute Gasteiger partial charge is 0.177 e. The van der Waals surface area contributed by atoms with E-state index in [1.54, 1.807) is 6.07 Å². The summed E-state index contributed by atoms with van der Waals surface area (Å²) in [5.74, 6) is 0.389. The van der Waals surface area contributed by atoms with Crippen LogP contribution in [0.15, 0.2) is 40.0 Å². The van der Waals surface area contributed by atoms with Crippen LogP contribution in [-0.4, -0.2) is 53.2 Å². The van der Waals surface area contributed by atoms with Crippen molar-refractivity contribution in [2.24, 2.45) is 10.9 Å². The zero-order valence-electron chi connectivity index (χ0n) is 16.6. The molecule has 1 atom stereocenters. The molecule has 0 N–H and O–H groups in total. The summed E-state index contributed by atoms with van der Waals surface area (Å²) in [6, 6.07) is 5.88. The topological polar surface area (TPSA) is 62.2 Å². The zero-order valence-corrected chi connectivity index (χ0v) is 17.4. The van der Waals surface area contributed by atoms with Gasteiger partial charge in [-0.15, -0.1) is 0 Å². The van der Waals surface area contributed by atoms with Gasteiger partial charge in [-0.2, -0.15) is 0 Å². The van der Waals surface area contributed by atoms with Crippen LogP contribution in [0.4, 0.5) is 11.4 Å². The van der Waals surface area contributed by atoms with Crippen molar-refractivity contribution in [1.29, 1.82) is 0 Å². The van der Waals surface area contributed by atoms with Crippen molar-refractivity contribution in [3.05, 3.63) is 30.1 Å². The van der Waals surface area contributed by atoms with E-state index in [0.29, 0.717) is 37.1 Å². The van der Waals surface area contributed by atoms with E-state index in [-0.39, 0.29) is 6.04 Å². The molecular weight excluding hydrogens is 362 g/mol. The lowest BCUT2D eigenvalue weighted by Crippen LogP contribution is -2.37. The van der Waals surface area contributed by atoms with Gasteiger partial charge in [0.2, 0.25) is 0 Å². The first-order valence-electron chi connectivity index (χ1n) is 9.45. The van der Waals surface area contributed by atoms with Crippen LogP contribution in [0.1, 0.15) is 27.2 Å². The molecule has 0 radical (unpaired) electrons. The van der Waals surface area contributed by atoms with E-state index in [9.17, 15) is 8.42 Å². The molecule has 1 fully saturated rings. The maximum absolute atomic E-state index is 12.4. The van der Waals surface area contributed by atoms with Crippen LogP contribution >= 0.6 is 0 Å². The summed E-state index contributed by atoms with van der Waals surface area (Å²) >= 11 is 0. The third kappa shape index (κ3) is 4.52. The third-order valence-electron chi connectivity index (χ3n) is 4.89. The Balaban J connectivity index is 2.06. The minimum atomic E-state index is -3.32. The average molecular weight is 392 g/mol. The van der Waals surface area contributed by atoms with Crippen molar-refractivity contribution in [3.63, 3.8) is 0 Å². The van der Waals surface area contributed by atoms with Crippen LogP contribution < -0.4 is 9.80 Å². The summed E-state index contributed by atoms with van der Waals surface area (Å²) in [5.41, 5.74) is 2.91. The second-order valence-electron chi connectivity index (χ2n) is 7.59. The normalized spacial score (nSPS) is 20.7. The largest absolute Gasteiger partial charge is 0.378 e. The predicted octanol–water partition coefficient (Wildman–Crippen LogP) is 3.09. The van der Waals surface area contributed by atoms with E-state index in [2.05, 4.69) is 35.6 Å².